The normalized spacial score (nSPS) is 11.6. The molecular weight excluding hydrogens is 224 g/mol. The maximum absolute atomic E-state index is 5.76. The maximum Gasteiger partial charge on any atom is 0.122 e. The molecule has 0 aliphatic rings. The highest BCUT2D eigenvalue weighted by Gasteiger charge is 2.09. The zero-order valence-corrected chi connectivity index (χ0v) is 12.1. The van der Waals surface area contributed by atoms with Crippen LogP contribution in [0.25, 0.3) is 0 Å². The predicted molar refractivity (Wildman–Crippen MR) is 75.8 cm³/mol. The standard InChI is InChI=1S/C15H26N2O/c1-5-8-16-12-13-11-14(6-9-17-13)18-10-7-15(2,3)4/h6,9,11,16H,5,7-8,10,12H2,1-4H3. The summed E-state index contributed by atoms with van der Waals surface area (Å²) in [5.41, 5.74) is 1.36. The molecule has 1 rings (SSSR count). The minimum absolute atomic E-state index is 0.318. The van der Waals surface area contributed by atoms with Crippen LogP contribution in [0.1, 0.15) is 46.2 Å². The monoisotopic (exact) mass is 250 g/mol. The van der Waals surface area contributed by atoms with Crippen LogP contribution >= 0.6 is 0 Å². The summed E-state index contributed by atoms with van der Waals surface area (Å²) in [5.74, 6) is 0.919. The highest BCUT2D eigenvalue weighted by atomic mass is 16.5. The second kappa shape index (κ2) is 7.37. The number of pyridine rings is 1. The van der Waals surface area contributed by atoms with Gasteiger partial charge in [0.25, 0.3) is 0 Å². The fourth-order valence-electron chi connectivity index (χ4n) is 1.51. The zero-order chi connectivity index (χ0) is 13.4. The van der Waals surface area contributed by atoms with Gasteiger partial charge >= 0.3 is 0 Å². The number of hydrogen-bond donors (Lipinski definition) is 1. The van der Waals surface area contributed by atoms with E-state index in [2.05, 4.69) is 38.0 Å². The lowest BCUT2D eigenvalue weighted by molar-refractivity contribution is 0.242. The third-order valence-electron chi connectivity index (χ3n) is 2.64. The predicted octanol–water partition coefficient (Wildman–Crippen LogP) is 3.40. The number of ether oxygens (including phenoxy) is 1. The summed E-state index contributed by atoms with van der Waals surface area (Å²) in [4.78, 5) is 4.33. The van der Waals surface area contributed by atoms with E-state index in [-0.39, 0.29) is 0 Å². The molecule has 0 saturated carbocycles. The molecule has 1 aromatic heterocycles. The highest BCUT2D eigenvalue weighted by molar-refractivity contribution is 5.22. The van der Waals surface area contributed by atoms with Gasteiger partial charge in [0.15, 0.2) is 0 Å². The van der Waals surface area contributed by atoms with Crippen LogP contribution in [-0.4, -0.2) is 18.1 Å². The first kappa shape index (κ1) is 15.0. The van der Waals surface area contributed by atoms with E-state index in [4.69, 9.17) is 4.74 Å². The molecule has 0 amide bonds. The van der Waals surface area contributed by atoms with Crippen LogP contribution in [0.3, 0.4) is 0 Å². The minimum Gasteiger partial charge on any atom is -0.493 e. The molecule has 18 heavy (non-hydrogen) atoms. The Hall–Kier alpha value is -1.09. The van der Waals surface area contributed by atoms with Crippen molar-refractivity contribution in [2.45, 2.75) is 47.1 Å². The molecule has 1 aromatic rings. The summed E-state index contributed by atoms with van der Waals surface area (Å²) in [7, 11) is 0. The van der Waals surface area contributed by atoms with E-state index < -0.39 is 0 Å². The number of nitrogens with zero attached hydrogens (tertiary/aromatic N) is 1. The Kier molecular flexibility index (Phi) is 6.13. The number of nitrogens with one attached hydrogen (secondary N) is 1. The van der Waals surface area contributed by atoms with Crippen LogP contribution in [0.5, 0.6) is 5.75 Å². The Bertz CT molecular complexity index is 345. The Morgan fingerprint density at radius 3 is 2.78 bits per heavy atom. The maximum atomic E-state index is 5.76. The van der Waals surface area contributed by atoms with Crippen molar-refractivity contribution < 1.29 is 4.74 Å². The lowest BCUT2D eigenvalue weighted by Gasteiger charge is -2.18. The molecule has 3 heteroatoms. The highest BCUT2D eigenvalue weighted by Crippen LogP contribution is 2.19. The summed E-state index contributed by atoms with van der Waals surface area (Å²) >= 11 is 0. The molecule has 0 saturated heterocycles. The van der Waals surface area contributed by atoms with Crippen molar-refractivity contribution in [3.05, 3.63) is 24.0 Å². The summed E-state index contributed by atoms with van der Waals surface area (Å²) in [6, 6.07) is 3.94. The Balaban J connectivity index is 2.39. The van der Waals surface area contributed by atoms with E-state index in [9.17, 15) is 0 Å². The first-order valence-corrected chi connectivity index (χ1v) is 6.80. The Labute approximate surface area is 111 Å². The van der Waals surface area contributed by atoms with Gasteiger partial charge in [-0.3, -0.25) is 4.98 Å². The van der Waals surface area contributed by atoms with Gasteiger partial charge < -0.3 is 10.1 Å². The van der Waals surface area contributed by atoms with E-state index in [0.717, 1.165) is 44.0 Å². The molecule has 0 spiro atoms. The van der Waals surface area contributed by atoms with Gasteiger partial charge in [0.1, 0.15) is 5.75 Å². The van der Waals surface area contributed by atoms with Crippen molar-refractivity contribution in [1.82, 2.24) is 10.3 Å². The average Bonchev–Trinajstić information content (AvgIpc) is 2.28. The number of aromatic nitrogens is 1. The summed E-state index contributed by atoms with van der Waals surface area (Å²) < 4.78 is 5.76. The lowest BCUT2D eigenvalue weighted by Crippen LogP contribution is -2.15. The molecule has 0 unspecified atom stereocenters. The SMILES string of the molecule is CCCNCc1cc(OCCC(C)(C)C)ccn1. The molecule has 0 fully saturated rings. The molecular formula is C15H26N2O. The van der Waals surface area contributed by atoms with Gasteiger partial charge in [-0.1, -0.05) is 27.7 Å². The van der Waals surface area contributed by atoms with E-state index in [1.807, 2.05) is 18.3 Å². The molecule has 0 radical (unpaired) electrons. The van der Waals surface area contributed by atoms with E-state index in [1.54, 1.807) is 0 Å². The van der Waals surface area contributed by atoms with Crippen molar-refractivity contribution in [1.29, 1.82) is 0 Å². The van der Waals surface area contributed by atoms with Gasteiger partial charge in [-0.25, -0.2) is 0 Å². The Morgan fingerprint density at radius 1 is 1.33 bits per heavy atom. The molecule has 0 aromatic carbocycles. The molecule has 3 nitrogen and oxygen atoms in total. The molecule has 0 aliphatic heterocycles. The fraction of sp³-hybridized carbons (Fsp3) is 0.667. The summed E-state index contributed by atoms with van der Waals surface area (Å²) in [5, 5.41) is 3.34. The quantitative estimate of drug-likeness (QED) is 0.753. The van der Waals surface area contributed by atoms with Crippen molar-refractivity contribution in [2.24, 2.45) is 5.41 Å². The molecule has 0 aliphatic carbocycles. The topological polar surface area (TPSA) is 34.1 Å². The van der Waals surface area contributed by atoms with Crippen molar-refractivity contribution in [3.63, 3.8) is 0 Å². The fourth-order valence-corrected chi connectivity index (χ4v) is 1.51. The van der Waals surface area contributed by atoms with E-state index in [0.29, 0.717) is 5.41 Å². The molecule has 0 bridgehead atoms. The second-order valence-electron chi connectivity index (χ2n) is 5.82. The van der Waals surface area contributed by atoms with Crippen LogP contribution in [0, 0.1) is 5.41 Å². The largest absolute Gasteiger partial charge is 0.493 e. The lowest BCUT2D eigenvalue weighted by atomic mass is 9.93. The van der Waals surface area contributed by atoms with Crippen LogP contribution in [-0.2, 0) is 6.54 Å². The van der Waals surface area contributed by atoms with Crippen molar-refractivity contribution in [2.75, 3.05) is 13.2 Å². The zero-order valence-electron chi connectivity index (χ0n) is 12.1. The van der Waals surface area contributed by atoms with Crippen molar-refractivity contribution in [3.8, 4) is 5.75 Å². The van der Waals surface area contributed by atoms with E-state index >= 15 is 0 Å². The van der Waals surface area contributed by atoms with Gasteiger partial charge in [-0.05, 0) is 30.9 Å². The van der Waals surface area contributed by atoms with Crippen LogP contribution in [0.4, 0.5) is 0 Å². The number of hydrogen-bond acceptors (Lipinski definition) is 3. The third kappa shape index (κ3) is 6.60. The summed E-state index contributed by atoms with van der Waals surface area (Å²) in [6.45, 7) is 11.4. The van der Waals surface area contributed by atoms with Crippen LogP contribution in [0.15, 0.2) is 18.3 Å². The van der Waals surface area contributed by atoms with E-state index in [1.165, 1.54) is 0 Å². The third-order valence-corrected chi connectivity index (χ3v) is 2.64. The second-order valence-corrected chi connectivity index (χ2v) is 5.82. The van der Waals surface area contributed by atoms with Gasteiger partial charge in [-0.2, -0.15) is 0 Å². The van der Waals surface area contributed by atoms with Gasteiger partial charge in [0.05, 0.1) is 12.3 Å². The molecule has 1 N–H and O–H groups in total. The minimum atomic E-state index is 0.318. The molecule has 0 atom stereocenters. The molecule has 1 heterocycles. The Morgan fingerprint density at radius 2 is 2.11 bits per heavy atom. The number of rotatable bonds is 7. The van der Waals surface area contributed by atoms with Gasteiger partial charge in [0, 0.05) is 18.8 Å². The van der Waals surface area contributed by atoms with Gasteiger partial charge in [0.2, 0.25) is 0 Å². The van der Waals surface area contributed by atoms with Crippen molar-refractivity contribution >= 4 is 0 Å². The smallest absolute Gasteiger partial charge is 0.122 e. The summed E-state index contributed by atoms with van der Waals surface area (Å²) in [6.07, 6.45) is 4.01. The van der Waals surface area contributed by atoms with Gasteiger partial charge in [-0.15, -0.1) is 0 Å². The first-order chi connectivity index (χ1) is 8.51. The van der Waals surface area contributed by atoms with Crippen LogP contribution < -0.4 is 10.1 Å². The average molecular weight is 250 g/mol. The van der Waals surface area contributed by atoms with Crippen LogP contribution in [0.2, 0.25) is 0 Å². The molecule has 102 valence electrons. The first-order valence-electron chi connectivity index (χ1n) is 6.80.